The van der Waals surface area contributed by atoms with Gasteiger partial charge in [-0.2, -0.15) is 5.10 Å². The molecule has 7 nitrogen and oxygen atoms in total. The third-order valence-electron chi connectivity index (χ3n) is 4.72. The van der Waals surface area contributed by atoms with E-state index < -0.39 is 5.54 Å². The van der Waals surface area contributed by atoms with E-state index in [0.29, 0.717) is 30.9 Å². The summed E-state index contributed by atoms with van der Waals surface area (Å²) in [4.78, 5) is 13.1. The van der Waals surface area contributed by atoms with Gasteiger partial charge in [-0.3, -0.25) is 9.48 Å². The summed E-state index contributed by atoms with van der Waals surface area (Å²) in [6, 6.07) is 7.49. The van der Waals surface area contributed by atoms with Crippen LogP contribution in [0.2, 0.25) is 0 Å². The minimum absolute atomic E-state index is 0. The smallest absolute Gasteiger partial charge is 0.248 e. The van der Waals surface area contributed by atoms with Crippen molar-refractivity contribution in [2.45, 2.75) is 24.9 Å². The molecule has 1 saturated heterocycles. The maximum absolute atomic E-state index is 13.1. The molecule has 2 N–H and O–H groups in total. The Balaban J connectivity index is 0.00000243. The fraction of sp³-hybridized carbons (Fsp3) is 0.444. The molecular weight excluding hydrogens is 356 g/mol. The van der Waals surface area contributed by atoms with Crippen LogP contribution >= 0.6 is 12.4 Å². The van der Waals surface area contributed by atoms with Crippen molar-refractivity contribution in [2.24, 2.45) is 0 Å². The van der Waals surface area contributed by atoms with E-state index >= 15 is 0 Å². The van der Waals surface area contributed by atoms with Gasteiger partial charge >= 0.3 is 0 Å². The second-order valence-corrected chi connectivity index (χ2v) is 6.07. The van der Waals surface area contributed by atoms with Gasteiger partial charge in [-0.25, -0.2) is 0 Å². The van der Waals surface area contributed by atoms with Crippen molar-refractivity contribution in [3.05, 3.63) is 42.2 Å². The summed E-state index contributed by atoms with van der Waals surface area (Å²) in [6.07, 6.45) is 4.98. The molecule has 1 aliphatic rings. The number of rotatable bonds is 6. The molecule has 0 radical (unpaired) electrons. The van der Waals surface area contributed by atoms with Gasteiger partial charge in [0.2, 0.25) is 5.91 Å². The minimum Gasteiger partial charge on any atom is -0.493 e. The lowest BCUT2D eigenvalue weighted by molar-refractivity contribution is -0.132. The van der Waals surface area contributed by atoms with Crippen molar-refractivity contribution >= 4 is 18.3 Å². The lowest BCUT2D eigenvalue weighted by Crippen LogP contribution is -2.54. The van der Waals surface area contributed by atoms with Gasteiger partial charge in [0, 0.05) is 24.5 Å². The van der Waals surface area contributed by atoms with Crippen LogP contribution in [0.1, 0.15) is 18.4 Å². The molecule has 3 rings (SSSR count). The average molecular weight is 381 g/mol. The molecule has 1 amide bonds. The molecule has 0 spiro atoms. The number of aromatic nitrogens is 2. The first kappa shape index (κ1) is 20.1. The average Bonchev–Trinajstić information content (AvgIpc) is 3.21. The predicted molar refractivity (Wildman–Crippen MR) is 101 cm³/mol. The fourth-order valence-corrected chi connectivity index (χ4v) is 3.36. The van der Waals surface area contributed by atoms with E-state index in [1.54, 1.807) is 25.1 Å². The third kappa shape index (κ3) is 3.78. The van der Waals surface area contributed by atoms with Crippen molar-refractivity contribution in [1.82, 2.24) is 20.4 Å². The van der Waals surface area contributed by atoms with Crippen LogP contribution in [-0.4, -0.2) is 43.0 Å². The molecule has 0 atom stereocenters. The van der Waals surface area contributed by atoms with E-state index in [4.69, 9.17) is 9.47 Å². The third-order valence-corrected chi connectivity index (χ3v) is 4.72. The van der Waals surface area contributed by atoms with Crippen LogP contribution < -0.4 is 20.1 Å². The van der Waals surface area contributed by atoms with Crippen LogP contribution in [0.3, 0.4) is 0 Å². The van der Waals surface area contributed by atoms with E-state index in [0.717, 1.165) is 18.7 Å². The number of amides is 1. The zero-order valence-electron chi connectivity index (χ0n) is 15.0. The molecule has 1 aliphatic heterocycles. The Bertz CT molecular complexity index is 715. The van der Waals surface area contributed by atoms with Crippen molar-refractivity contribution in [3.8, 4) is 11.5 Å². The molecule has 0 bridgehead atoms. The summed E-state index contributed by atoms with van der Waals surface area (Å²) in [5.74, 6) is 1.27. The van der Waals surface area contributed by atoms with Crippen LogP contribution in [0.25, 0.3) is 0 Å². The van der Waals surface area contributed by atoms with Crippen LogP contribution in [-0.2, 0) is 16.9 Å². The van der Waals surface area contributed by atoms with Gasteiger partial charge in [0.15, 0.2) is 11.5 Å². The highest BCUT2D eigenvalue weighted by molar-refractivity contribution is 5.85. The second kappa shape index (κ2) is 8.91. The molecule has 1 fully saturated rings. The highest BCUT2D eigenvalue weighted by atomic mass is 35.5. The Labute approximate surface area is 159 Å². The number of hydrogen-bond acceptors (Lipinski definition) is 5. The Hall–Kier alpha value is -2.25. The molecule has 2 aromatic rings. The summed E-state index contributed by atoms with van der Waals surface area (Å²) in [5, 5.41) is 10.7. The highest BCUT2D eigenvalue weighted by Crippen LogP contribution is 2.31. The molecule has 0 aliphatic carbocycles. The molecule has 142 valence electrons. The number of piperidine rings is 1. The molecular formula is C18H25ClN4O3. The van der Waals surface area contributed by atoms with Gasteiger partial charge in [0.25, 0.3) is 0 Å². The standard InChI is InChI=1S/C18H24N4O3.ClH/c1-24-15-6-3-5-14(16(15)25-2)13-20-17(23)18(7-10-19-11-8-18)22-12-4-9-21-22;/h3-6,9,12,19H,7-8,10-11,13H2,1-2H3,(H,20,23);1H. The number of para-hydroxylation sites is 1. The van der Waals surface area contributed by atoms with Gasteiger partial charge in [0.1, 0.15) is 5.54 Å². The zero-order valence-corrected chi connectivity index (χ0v) is 15.8. The molecule has 2 heterocycles. The Morgan fingerprint density at radius 2 is 2.04 bits per heavy atom. The Morgan fingerprint density at radius 1 is 1.27 bits per heavy atom. The van der Waals surface area contributed by atoms with Crippen LogP contribution in [0.15, 0.2) is 36.7 Å². The topological polar surface area (TPSA) is 77.4 Å². The first-order chi connectivity index (χ1) is 12.2. The largest absolute Gasteiger partial charge is 0.493 e. The van der Waals surface area contributed by atoms with E-state index in [2.05, 4.69) is 15.7 Å². The highest BCUT2D eigenvalue weighted by Gasteiger charge is 2.41. The van der Waals surface area contributed by atoms with Gasteiger partial charge in [-0.1, -0.05) is 12.1 Å². The zero-order chi connectivity index (χ0) is 17.7. The first-order valence-corrected chi connectivity index (χ1v) is 8.40. The molecule has 0 unspecified atom stereocenters. The van der Waals surface area contributed by atoms with E-state index in [-0.39, 0.29) is 18.3 Å². The molecule has 26 heavy (non-hydrogen) atoms. The van der Waals surface area contributed by atoms with Gasteiger partial charge in [0.05, 0.1) is 14.2 Å². The van der Waals surface area contributed by atoms with Crippen molar-refractivity contribution in [2.75, 3.05) is 27.3 Å². The molecule has 1 aromatic carbocycles. The maximum atomic E-state index is 13.1. The van der Waals surface area contributed by atoms with E-state index in [1.165, 1.54) is 0 Å². The number of methoxy groups -OCH3 is 2. The number of carbonyl (C=O) groups is 1. The van der Waals surface area contributed by atoms with Crippen LogP contribution in [0.4, 0.5) is 0 Å². The SMILES string of the molecule is COc1cccc(CNC(=O)C2(n3cccn3)CCNCC2)c1OC.Cl. The number of nitrogens with zero attached hydrogens (tertiary/aromatic N) is 2. The van der Waals surface area contributed by atoms with Gasteiger partial charge in [-0.15, -0.1) is 12.4 Å². The van der Waals surface area contributed by atoms with E-state index in [9.17, 15) is 4.79 Å². The maximum Gasteiger partial charge on any atom is 0.248 e. The number of nitrogens with one attached hydrogen (secondary N) is 2. The predicted octanol–water partition coefficient (Wildman–Crippen LogP) is 1.72. The van der Waals surface area contributed by atoms with Crippen molar-refractivity contribution in [1.29, 1.82) is 0 Å². The summed E-state index contributed by atoms with van der Waals surface area (Å²) in [6.45, 7) is 1.95. The van der Waals surface area contributed by atoms with Crippen molar-refractivity contribution in [3.63, 3.8) is 0 Å². The van der Waals surface area contributed by atoms with Gasteiger partial charge in [-0.05, 0) is 38.1 Å². The lowest BCUT2D eigenvalue weighted by atomic mass is 9.87. The minimum atomic E-state index is -0.652. The molecule has 1 aromatic heterocycles. The normalized spacial score (nSPS) is 15.6. The second-order valence-electron chi connectivity index (χ2n) is 6.07. The quantitative estimate of drug-likeness (QED) is 0.797. The first-order valence-electron chi connectivity index (χ1n) is 8.40. The van der Waals surface area contributed by atoms with Crippen molar-refractivity contribution < 1.29 is 14.3 Å². The Morgan fingerprint density at radius 3 is 2.65 bits per heavy atom. The summed E-state index contributed by atoms with van der Waals surface area (Å²) >= 11 is 0. The summed E-state index contributed by atoms with van der Waals surface area (Å²) in [7, 11) is 3.20. The van der Waals surface area contributed by atoms with Crippen LogP contribution in [0, 0.1) is 0 Å². The molecule has 8 heteroatoms. The lowest BCUT2D eigenvalue weighted by Gasteiger charge is -2.36. The summed E-state index contributed by atoms with van der Waals surface area (Å²) in [5.41, 5.74) is 0.223. The number of ether oxygens (including phenoxy) is 2. The number of benzene rings is 1. The summed E-state index contributed by atoms with van der Waals surface area (Å²) < 4.78 is 12.5. The number of carbonyl (C=O) groups excluding carboxylic acids is 1. The fourth-order valence-electron chi connectivity index (χ4n) is 3.36. The number of hydrogen-bond donors (Lipinski definition) is 2. The monoisotopic (exact) mass is 380 g/mol. The van der Waals surface area contributed by atoms with Crippen LogP contribution in [0.5, 0.6) is 11.5 Å². The Kier molecular flexibility index (Phi) is 6.88. The number of halogens is 1. The molecule has 0 saturated carbocycles. The van der Waals surface area contributed by atoms with E-state index in [1.807, 2.05) is 30.5 Å². The van der Waals surface area contributed by atoms with Gasteiger partial charge < -0.3 is 20.1 Å².